The number of carbonyl (C=O) groups excluding carboxylic acids is 1. The molecule has 0 spiro atoms. The lowest BCUT2D eigenvalue weighted by atomic mass is 10.1. The Balaban J connectivity index is 1.37. The number of ether oxygens (including phenoxy) is 2. The summed E-state index contributed by atoms with van der Waals surface area (Å²) in [6.07, 6.45) is 3.59. The number of ketones is 1. The highest BCUT2D eigenvalue weighted by atomic mass is 35.5. The van der Waals surface area contributed by atoms with Crippen molar-refractivity contribution in [3.8, 4) is 11.5 Å². The van der Waals surface area contributed by atoms with Crippen LogP contribution in [0.15, 0.2) is 48.8 Å². The van der Waals surface area contributed by atoms with Gasteiger partial charge < -0.3 is 25.0 Å². The number of halogens is 1. The van der Waals surface area contributed by atoms with Crippen molar-refractivity contribution in [1.82, 2.24) is 15.3 Å². The molecular formula is C27H32ClN5O3. The maximum atomic E-state index is 12.2. The van der Waals surface area contributed by atoms with E-state index in [4.69, 9.17) is 21.1 Å². The number of hydrogen-bond donors (Lipinski definition) is 2. The van der Waals surface area contributed by atoms with Gasteiger partial charge in [0.15, 0.2) is 11.5 Å². The van der Waals surface area contributed by atoms with Gasteiger partial charge in [0, 0.05) is 54.1 Å². The molecule has 1 aromatic heterocycles. The van der Waals surface area contributed by atoms with E-state index < -0.39 is 0 Å². The quantitative estimate of drug-likeness (QED) is 0.378. The minimum absolute atomic E-state index is 0.00932. The highest BCUT2D eigenvalue weighted by Gasteiger charge is 2.21. The molecule has 2 aromatic carbocycles. The molecule has 0 aliphatic carbocycles. The Hall–Kier alpha value is -3.36. The van der Waals surface area contributed by atoms with Crippen LogP contribution in [0.5, 0.6) is 11.5 Å². The van der Waals surface area contributed by atoms with E-state index in [2.05, 4.69) is 51.5 Å². The van der Waals surface area contributed by atoms with Crippen molar-refractivity contribution < 1.29 is 14.3 Å². The van der Waals surface area contributed by atoms with Gasteiger partial charge in [-0.05, 0) is 50.2 Å². The molecule has 190 valence electrons. The van der Waals surface area contributed by atoms with Crippen molar-refractivity contribution in [3.05, 3.63) is 64.9 Å². The number of benzene rings is 2. The predicted molar refractivity (Wildman–Crippen MR) is 143 cm³/mol. The third kappa shape index (κ3) is 6.25. The fourth-order valence-corrected chi connectivity index (χ4v) is 4.55. The van der Waals surface area contributed by atoms with Crippen LogP contribution in [-0.4, -0.2) is 48.0 Å². The first-order valence-electron chi connectivity index (χ1n) is 12.1. The number of aromatic nitrogens is 2. The van der Waals surface area contributed by atoms with Crippen LogP contribution >= 0.6 is 11.6 Å². The first-order valence-corrected chi connectivity index (χ1v) is 12.5. The van der Waals surface area contributed by atoms with Crippen LogP contribution in [0.1, 0.15) is 43.1 Å². The lowest BCUT2D eigenvalue weighted by molar-refractivity contribution is 0.0987. The van der Waals surface area contributed by atoms with Crippen molar-refractivity contribution in [2.24, 2.45) is 0 Å². The molecule has 1 aliphatic rings. The van der Waals surface area contributed by atoms with E-state index in [0.717, 1.165) is 18.8 Å². The normalized spacial score (nSPS) is 17.5. The summed E-state index contributed by atoms with van der Waals surface area (Å²) in [5, 5.41) is 7.19. The Kier molecular flexibility index (Phi) is 8.28. The summed E-state index contributed by atoms with van der Waals surface area (Å²) in [7, 11) is 1.52. The summed E-state index contributed by atoms with van der Waals surface area (Å²) in [5.41, 5.74) is 3.30. The second-order valence-corrected chi connectivity index (χ2v) is 9.38. The molecule has 0 bridgehead atoms. The fraction of sp³-hybridized carbons (Fsp3) is 0.370. The standard InChI is InChI=1S/C27H32ClN5O3/c1-5-24(34)19-10-20(26(28)25(11-19)35-4)16-36-23-12-29-27(30-13-23)32-21-6-8-22(9-7-21)33-14-17(2)31-18(3)15-33/h6-13,17-18,31H,5,14-16H2,1-4H3,(H,29,30,32)/t17-,18+. The van der Waals surface area contributed by atoms with E-state index in [0.29, 0.717) is 52.1 Å². The van der Waals surface area contributed by atoms with E-state index in [1.54, 1.807) is 24.5 Å². The molecule has 1 saturated heterocycles. The van der Waals surface area contributed by atoms with Gasteiger partial charge in [0.1, 0.15) is 12.4 Å². The lowest BCUT2D eigenvalue weighted by Crippen LogP contribution is -2.54. The van der Waals surface area contributed by atoms with Crippen LogP contribution in [0.4, 0.5) is 17.3 Å². The second kappa shape index (κ2) is 11.6. The molecule has 4 rings (SSSR count). The van der Waals surface area contributed by atoms with Gasteiger partial charge in [-0.15, -0.1) is 0 Å². The van der Waals surface area contributed by atoms with Crippen LogP contribution in [0.3, 0.4) is 0 Å². The Morgan fingerprint density at radius 2 is 1.81 bits per heavy atom. The minimum Gasteiger partial charge on any atom is -0.495 e. The number of hydrogen-bond acceptors (Lipinski definition) is 8. The van der Waals surface area contributed by atoms with Gasteiger partial charge in [-0.25, -0.2) is 9.97 Å². The molecule has 0 radical (unpaired) electrons. The second-order valence-electron chi connectivity index (χ2n) is 9.01. The molecule has 9 heteroatoms. The van der Waals surface area contributed by atoms with Crippen LogP contribution in [0.2, 0.25) is 5.02 Å². The van der Waals surface area contributed by atoms with E-state index >= 15 is 0 Å². The van der Waals surface area contributed by atoms with Crippen molar-refractivity contribution in [1.29, 1.82) is 0 Å². The molecule has 2 atom stereocenters. The van der Waals surface area contributed by atoms with E-state index in [9.17, 15) is 4.79 Å². The number of Topliss-reactive ketones (excluding diaryl/α,β-unsaturated/α-hetero) is 1. The van der Waals surface area contributed by atoms with Crippen LogP contribution in [-0.2, 0) is 6.61 Å². The number of methoxy groups -OCH3 is 1. The molecule has 0 saturated carbocycles. The smallest absolute Gasteiger partial charge is 0.227 e. The van der Waals surface area contributed by atoms with Gasteiger partial charge in [0.05, 0.1) is 24.5 Å². The maximum absolute atomic E-state index is 12.2. The molecule has 2 heterocycles. The lowest BCUT2D eigenvalue weighted by Gasteiger charge is -2.37. The highest BCUT2D eigenvalue weighted by molar-refractivity contribution is 6.33. The van der Waals surface area contributed by atoms with Crippen molar-refractivity contribution in [2.75, 3.05) is 30.4 Å². The van der Waals surface area contributed by atoms with Gasteiger partial charge >= 0.3 is 0 Å². The number of rotatable bonds is 9. The number of nitrogens with one attached hydrogen (secondary N) is 2. The summed E-state index contributed by atoms with van der Waals surface area (Å²) in [4.78, 5) is 23.3. The molecule has 0 unspecified atom stereocenters. The molecule has 1 fully saturated rings. The summed E-state index contributed by atoms with van der Waals surface area (Å²) in [6.45, 7) is 8.35. The molecule has 2 N–H and O–H groups in total. The van der Waals surface area contributed by atoms with Gasteiger partial charge in [0.2, 0.25) is 5.95 Å². The zero-order valence-corrected chi connectivity index (χ0v) is 21.8. The Bertz CT molecular complexity index is 1180. The summed E-state index contributed by atoms with van der Waals surface area (Å²) >= 11 is 6.42. The SMILES string of the molecule is CCC(=O)c1cc(COc2cnc(Nc3ccc(N4C[C@@H](C)N[C@@H](C)C4)cc3)nc2)c(Cl)c(OC)c1. The topological polar surface area (TPSA) is 88.6 Å². The Morgan fingerprint density at radius 1 is 1.14 bits per heavy atom. The van der Waals surface area contributed by atoms with Crippen molar-refractivity contribution in [2.45, 2.75) is 45.9 Å². The number of piperazine rings is 1. The van der Waals surface area contributed by atoms with Crippen LogP contribution < -0.4 is 25.0 Å². The van der Waals surface area contributed by atoms with Crippen molar-refractivity contribution in [3.63, 3.8) is 0 Å². The largest absolute Gasteiger partial charge is 0.495 e. The van der Waals surface area contributed by atoms with Gasteiger partial charge in [-0.2, -0.15) is 0 Å². The molecular weight excluding hydrogens is 478 g/mol. The monoisotopic (exact) mass is 509 g/mol. The third-order valence-corrected chi connectivity index (χ3v) is 6.48. The van der Waals surface area contributed by atoms with E-state index in [1.807, 2.05) is 19.1 Å². The first kappa shape index (κ1) is 25.7. The summed E-state index contributed by atoms with van der Waals surface area (Å²) in [6, 6.07) is 12.6. The molecule has 0 amide bonds. The Morgan fingerprint density at radius 3 is 2.42 bits per heavy atom. The zero-order valence-electron chi connectivity index (χ0n) is 21.0. The summed E-state index contributed by atoms with van der Waals surface area (Å²) < 4.78 is 11.1. The van der Waals surface area contributed by atoms with Crippen LogP contribution in [0.25, 0.3) is 0 Å². The van der Waals surface area contributed by atoms with Crippen LogP contribution in [0, 0.1) is 0 Å². The molecule has 36 heavy (non-hydrogen) atoms. The fourth-order valence-electron chi connectivity index (χ4n) is 4.31. The molecule has 1 aliphatic heterocycles. The molecule has 8 nitrogen and oxygen atoms in total. The van der Waals surface area contributed by atoms with E-state index in [1.165, 1.54) is 12.8 Å². The maximum Gasteiger partial charge on any atom is 0.227 e. The van der Waals surface area contributed by atoms with E-state index in [-0.39, 0.29) is 12.4 Å². The van der Waals surface area contributed by atoms with Crippen molar-refractivity contribution >= 4 is 34.7 Å². The minimum atomic E-state index is 0.00932. The van der Waals surface area contributed by atoms with Gasteiger partial charge in [-0.3, -0.25) is 4.79 Å². The number of carbonyl (C=O) groups is 1. The van der Waals surface area contributed by atoms with Gasteiger partial charge in [-0.1, -0.05) is 18.5 Å². The zero-order chi connectivity index (χ0) is 25.7. The summed E-state index contributed by atoms with van der Waals surface area (Å²) in [5.74, 6) is 1.40. The average molecular weight is 510 g/mol. The first-order chi connectivity index (χ1) is 17.4. The highest BCUT2D eigenvalue weighted by Crippen LogP contribution is 2.31. The average Bonchev–Trinajstić information content (AvgIpc) is 2.88. The number of anilines is 3. The molecule has 3 aromatic rings. The Labute approximate surface area is 217 Å². The predicted octanol–water partition coefficient (Wildman–Crippen LogP) is 5.24. The third-order valence-electron chi connectivity index (χ3n) is 6.05. The van der Waals surface area contributed by atoms with Gasteiger partial charge in [0.25, 0.3) is 0 Å². The number of nitrogens with zero attached hydrogens (tertiary/aromatic N) is 3.